The molecule has 4 rings (SSSR count). The Morgan fingerprint density at radius 3 is 2.37 bits per heavy atom. The van der Waals surface area contributed by atoms with Crippen LogP contribution in [0.5, 0.6) is 11.5 Å². The van der Waals surface area contributed by atoms with Crippen LogP contribution in [-0.2, 0) is 6.42 Å². The van der Waals surface area contributed by atoms with E-state index >= 15 is 0 Å². The molecule has 2 aromatic rings. The van der Waals surface area contributed by atoms with E-state index in [0.29, 0.717) is 22.9 Å². The Hall–Kier alpha value is -2.48. The highest BCUT2D eigenvalue weighted by molar-refractivity contribution is 6.30. The second-order valence-corrected chi connectivity index (χ2v) is 10.3. The molecule has 190 valence electrons. The molecule has 7 nitrogen and oxygen atoms in total. The van der Waals surface area contributed by atoms with Crippen molar-refractivity contribution >= 4 is 17.6 Å². The number of ether oxygens (including phenoxy) is 2. The summed E-state index contributed by atoms with van der Waals surface area (Å²) in [5.41, 5.74) is 8.71. The quantitative estimate of drug-likeness (QED) is 0.597. The molecule has 2 unspecified atom stereocenters. The number of carbonyl (C=O) groups is 1. The van der Waals surface area contributed by atoms with E-state index < -0.39 is 12.3 Å². The second-order valence-electron chi connectivity index (χ2n) is 9.87. The van der Waals surface area contributed by atoms with Crippen LogP contribution in [0, 0.1) is 0 Å². The van der Waals surface area contributed by atoms with E-state index in [9.17, 15) is 9.90 Å². The van der Waals surface area contributed by atoms with Gasteiger partial charge in [-0.3, -0.25) is 4.90 Å². The van der Waals surface area contributed by atoms with Crippen molar-refractivity contribution in [3.8, 4) is 11.5 Å². The number of hydrogen-bond donors (Lipinski definition) is 2. The van der Waals surface area contributed by atoms with Crippen LogP contribution in [0.25, 0.3) is 0 Å². The van der Waals surface area contributed by atoms with Crippen LogP contribution in [-0.4, -0.2) is 59.5 Å². The molecule has 35 heavy (non-hydrogen) atoms. The van der Waals surface area contributed by atoms with Gasteiger partial charge in [0.2, 0.25) is 0 Å². The van der Waals surface area contributed by atoms with Crippen molar-refractivity contribution in [1.82, 2.24) is 9.80 Å². The Bertz CT molecular complexity index is 1040. The molecule has 0 saturated heterocycles. The van der Waals surface area contributed by atoms with Crippen LogP contribution in [0.2, 0.25) is 5.02 Å². The van der Waals surface area contributed by atoms with Gasteiger partial charge >= 0.3 is 6.03 Å². The molecule has 2 atom stereocenters. The second kappa shape index (κ2) is 10.6. The van der Waals surface area contributed by atoms with Gasteiger partial charge in [-0.15, -0.1) is 0 Å². The lowest BCUT2D eigenvalue weighted by molar-refractivity contribution is -0.0657. The minimum absolute atomic E-state index is 0.00117. The lowest BCUT2D eigenvalue weighted by Crippen LogP contribution is -2.52. The maximum absolute atomic E-state index is 11.7. The molecule has 2 aliphatic rings. The van der Waals surface area contributed by atoms with E-state index in [1.807, 2.05) is 44.2 Å². The summed E-state index contributed by atoms with van der Waals surface area (Å²) in [5.74, 6) is 1.37. The monoisotopic (exact) mass is 501 g/mol. The minimum atomic E-state index is -0.653. The van der Waals surface area contributed by atoms with Gasteiger partial charge in [0.05, 0.1) is 19.3 Å². The summed E-state index contributed by atoms with van der Waals surface area (Å²) in [5, 5.41) is 12.1. The average Bonchev–Trinajstić information content (AvgIpc) is 2.83. The Morgan fingerprint density at radius 1 is 1.14 bits per heavy atom. The fourth-order valence-corrected chi connectivity index (χ4v) is 5.69. The van der Waals surface area contributed by atoms with E-state index in [1.165, 1.54) is 0 Å². The van der Waals surface area contributed by atoms with Crippen molar-refractivity contribution in [3.63, 3.8) is 0 Å². The Kier molecular flexibility index (Phi) is 7.79. The summed E-state index contributed by atoms with van der Waals surface area (Å²) < 4.78 is 11.7. The maximum atomic E-state index is 11.7. The Morgan fingerprint density at radius 2 is 1.80 bits per heavy atom. The zero-order valence-corrected chi connectivity index (χ0v) is 21.7. The summed E-state index contributed by atoms with van der Waals surface area (Å²) in [6.45, 7) is 3.99. The SMILES string of the molecule is COc1cc2c(cc1OC(C)C)C(c1ccc(Cl)cc1)N(C1CCC(N(C)C(N)=O)CC1)C(O)C2. The van der Waals surface area contributed by atoms with Gasteiger partial charge in [0.15, 0.2) is 11.5 Å². The molecule has 0 aromatic heterocycles. The summed E-state index contributed by atoms with van der Waals surface area (Å²) >= 11 is 6.22. The first-order valence-corrected chi connectivity index (χ1v) is 12.7. The molecule has 2 aromatic carbocycles. The summed E-state index contributed by atoms with van der Waals surface area (Å²) in [7, 11) is 3.40. The maximum Gasteiger partial charge on any atom is 0.314 e. The largest absolute Gasteiger partial charge is 0.493 e. The van der Waals surface area contributed by atoms with Crippen molar-refractivity contribution in [3.05, 3.63) is 58.1 Å². The predicted octanol–water partition coefficient (Wildman–Crippen LogP) is 4.72. The summed E-state index contributed by atoms with van der Waals surface area (Å²) in [6, 6.07) is 11.6. The van der Waals surface area contributed by atoms with Gasteiger partial charge in [0, 0.05) is 30.6 Å². The van der Waals surface area contributed by atoms with E-state index in [2.05, 4.69) is 11.0 Å². The number of aliphatic hydroxyl groups excluding tert-OH is 1. The van der Waals surface area contributed by atoms with Crippen molar-refractivity contribution < 1.29 is 19.4 Å². The van der Waals surface area contributed by atoms with Crippen molar-refractivity contribution in [2.75, 3.05) is 14.2 Å². The van der Waals surface area contributed by atoms with Crippen LogP contribution in [0.3, 0.4) is 0 Å². The lowest BCUT2D eigenvalue weighted by atomic mass is 9.82. The number of benzene rings is 2. The average molecular weight is 502 g/mol. The molecule has 1 heterocycles. The molecule has 1 saturated carbocycles. The standard InChI is InChI=1S/C27H36ClN3O4/c1-16(2)35-24-15-22-18(13-23(24)34-4)14-25(32)31(26(22)17-5-7-19(28)8-6-17)21-11-9-20(10-12-21)30(3)27(29)33/h5-8,13,15-16,20-21,25-26,32H,9-12,14H2,1-4H3,(H2,29,33). The molecule has 1 fully saturated rings. The minimum Gasteiger partial charge on any atom is -0.493 e. The molecule has 3 N–H and O–H groups in total. The van der Waals surface area contributed by atoms with Gasteiger partial charge in [-0.2, -0.15) is 0 Å². The third kappa shape index (κ3) is 5.37. The Labute approximate surface area is 212 Å². The van der Waals surface area contributed by atoms with Gasteiger partial charge in [-0.05, 0) is 80.5 Å². The number of fused-ring (bicyclic) bond motifs is 1. The van der Waals surface area contributed by atoms with Crippen LogP contribution in [0.4, 0.5) is 4.79 Å². The molecule has 0 bridgehead atoms. The van der Waals surface area contributed by atoms with E-state index in [1.54, 1.807) is 19.1 Å². The molecular formula is C27H36ClN3O4. The highest BCUT2D eigenvalue weighted by Crippen LogP contribution is 2.45. The fourth-order valence-electron chi connectivity index (χ4n) is 5.56. The van der Waals surface area contributed by atoms with Gasteiger partial charge in [-0.1, -0.05) is 23.7 Å². The first-order chi connectivity index (χ1) is 16.7. The number of hydrogen-bond acceptors (Lipinski definition) is 5. The molecule has 0 spiro atoms. The van der Waals surface area contributed by atoms with Crippen LogP contribution in [0.1, 0.15) is 62.3 Å². The lowest BCUT2D eigenvalue weighted by Gasteiger charge is -2.48. The number of nitrogens with two attached hydrogens (primary N) is 1. The van der Waals surface area contributed by atoms with Crippen LogP contribution < -0.4 is 15.2 Å². The smallest absolute Gasteiger partial charge is 0.314 e. The number of rotatable bonds is 6. The Balaban J connectivity index is 1.73. The number of methoxy groups -OCH3 is 1. The van der Waals surface area contributed by atoms with E-state index in [-0.39, 0.29) is 24.2 Å². The number of urea groups is 1. The first kappa shape index (κ1) is 25.6. The van der Waals surface area contributed by atoms with Gasteiger partial charge in [0.1, 0.15) is 6.23 Å². The number of primary amides is 1. The third-order valence-corrected chi connectivity index (χ3v) is 7.55. The zero-order valence-electron chi connectivity index (χ0n) is 20.9. The topological polar surface area (TPSA) is 88.3 Å². The highest BCUT2D eigenvalue weighted by Gasteiger charge is 2.41. The van der Waals surface area contributed by atoms with E-state index in [0.717, 1.165) is 42.4 Å². The summed E-state index contributed by atoms with van der Waals surface area (Å²) in [6.07, 6.45) is 3.27. The van der Waals surface area contributed by atoms with Crippen molar-refractivity contribution in [1.29, 1.82) is 0 Å². The number of amides is 2. The number of nitrogens with zero attached hydrogens (tertiary/aromatic N) is 2. The first-order valence-electron chi connectivity index (χ1n) is 12.3. The molecule has 1 aliphatic heterocycles. The normalized spacial score (nSPS) is 24.7. The van der Waals surface area contributed by atoms with Crippen LogP contribution in [0.15, 0.2) is 36.4 Å². The zero-order chi connectivity index (χ0) is 25.3. The molecular weight excluding hydrogens is 466 g/mol. The summed E-state index contributed by atoms with van der Waals surface area (Å²) in [4.78, 5) is 15.5. The third-order valence-electron chi connectivity index (χ3n) is 7.30. The molecule has 8 heteroatoms. The predicted molar refractivity (Wildman–Crippen MR) is 137 cm³/mol. The van der Waals surface area contributed by atoms with Crippen molar-refractivity contribution in [2.45, 2.75) is 76.4 Å². The van der Waals surface area contributed by atoms with Gasteiger partial charge in [-0.25, -0.2) is 4.79 Å². The van der Waals surface area contributed by atoms with Gasteiger partial charge < -0.3 is 25.2 Å². The number of carbonyl (C=O) groups excluding carboxylic acids is 1. The highest BCUT2D eigenvalue weighted by atomic mass is 35.5. The number of halogens is 1. The van der Waals surface area contributed by atoms with Gasteiger partial charge in [0.25, 0.3) is 0 Å². The molecule has 0 radical (unpaired) electrons. The van der Waals surface area contributed by atoms with Crippen molar-refractivity contribution in [2.24, 2.45) is 5.73 Å². The van der Waals surface area contributed by atoms with Crippen LogP contribution >= 0.6 is 11.6 Å². The van der Waals surface area contributed by atoms with E-state index in [4.69, 9.17) is 26.8 Å². The fraction of sp³-hybridized carbons (Fsp3) is 0.519. The molecule has 2 amide bonds. The molecule has 1 aliphatic carbocycles. The number of aliphatic hydroxyl groups is 1.